The number of rotatable bonds is 4. The molecule has 2 rings (SSSR count). The molecule has 0 spiro atoms. The van der Waals surface area contributed by atoms with E-state index in [9.17, 15) is 4.79 Å². The van der Waals surface area contributed by atoms with Crippen LogP contribution < -0.4 is 0 Å². The summed E-state index contributed by atoms with van der Waals surface area (Å²) in [6.45, 7) is 4.63. The van der Waals surface area contributed by atoms with Crippen molar-refractivity contribution in [2.24, 2.45) is 0 Å². The van der Waals surface area contributed by atoms with E-state index in [2.05, 4.69) is 29.8 Å². The molecular formula is C14H17NO. The second-order valence-electron chi connectivity index (χ2n) is 4.25. The highest BCUT2D eigenvalue weighted by molar-refractivity contribution is 5.86. The summed E-state index contributed by atoms with van der Waals surface area (Å²) in [4.78, 5) is 11.6. The van der Waals surface area contributed by atoms with Gasteiger partial charge in [0.2, 0.25) is 0 Å². The largest absolute Gasteiger partial charge is 0.340 e. The van der Waals surface area contributed by atoms with Gasteiger partial charge in [-0.3, -0.25) is 4.79 Å². The van der Waals surface area contributed by atoms with Crippen LogP contribution in [-0.2, 0) is 11.3 Å². The monoisotopic (exact) mass is 215 g/mol. The number of para-hydroxylation sites is 1. The molecule has 0 aliphatic heterocycles. The summed E-state index contributed by atoms with van der Waals surface area (Å²) in [6.07, 6.45) is 3.67. The first-order chi connectivity index (χ1) is 7.72. The summed E-state index contributed by atoms with van der Waals surface area (Å²) >= 11 is 0. The van der Waals surface area contributed by atoms with Gasteiger partial charge in [-0.1, -0.05) is 25.1 Å². The lowest BCUT2D eigenvalue weighted by atomic mass is 10.2. The van der Waals surface area contributed by atoms with Gasteiger partial charge in [-0.2, -0.15) is 0 Å². The van der Waals surface area contributed by atoms with Gasteiger partial charge in [0.25, 0.3) is 0 Å². The Morgan fingerprint density at radius 2 is 2.06 bits per heavy atom. The standard InChI is InChI=1S/C14H17NO/c1-3-6-12(16)10-15-9-11(2)13-7-4-5-8-14(13)15/h4-5,7-9H,3,6,10H2,1-2H3. The lowest BCUT2D eigenvalue weighted by Gasteiger charge is -2.03. The first-order valence-corrected chi connectivity index (χ1v) is 5.78. The van der Waals surface area contributed by atoms with Crippen LogP contribution in [0.15, 0.2) is 30.5 Å². The van der Waals surface area contributed by atoms with Gasteiger partial charge < -0.3 is 4.57 Å². The number of ketones is 1. The van der Waals surface area contributed by atoms with Gasteiger partial charge in [0, 0.05) is 23.5 Å². The second-order valence-corrected chi connectivity index (χ2v) is 4.25. The molecule has 0 aliphatic carbocycles. The Kier molecular flexibility index (Phi) is 3.09. The fraction of sp³-hybridized carbons (Fsp3) is 0.357. The molecule has 2 aromatic rings. The first kappa shape index (κ1) is 10.9. The Hall–Kier alpha value is -1.57. The molecule has 16 heavy (non-hydrogen) atoms. The van der Waals surface area contributed by atoms with Gasteiger partial charge in [-0.05, 0) is 25.0 Å². The molecule has 1 heterocycles. The molecule has 0 radical (unpaired) electrons. The summed E-state index contributed by atoms with van der Waals surface area (Å²) in [5.74, 6) is 0.309. The molecular weight excluding hydrogens is 198 g/mol. The van der Waals surface area contributed by atoms with E-state index in [1.54, 1.807) is 0 Å². The highest BCUT2D eigenvalue weighted by Crippen LogP contribution is 2.20. The fourth-order valence-electron chi connectivity index (χ4n) is 2.11. The number of aromatic nitrogens is 1. The average molecular weight is 215 g/mol. The van der Waals surface area contributed by atoms with Crippen molar-refractivity contribution in [3.8, 4) is 0 Å². The minimum absolute atomic E-state index is 0.309. The molecule has 1 aromatic carbocycles. The predicted octanol–water partition coefficient (Wildman–Crippen LogP) is 3.32. The third-order valence-electron chi connectivity index (χ3n) is 2.86. The highest BCUT2D eigenvalue weighted by Gasteiger charge is 2.07. The van der Waals surface area contributed by atoms with E-state index in [-0.39, 0.29) is 0 Å². The summed E-state index contributed by atoms with van der Waals surface area (Å²) < 4.78 is 2.06. The van der Waals surface area contributed by atoms with Crippen molar-refractivity contribution in [2.75, 3.05) is 0 Å². The molecule has 84 valence electrons. The van der Waals surface area contributed by atoms with E-state index in [1.165, 1.54) is 10.9 Å². The molecule has 0 saturated carbocycles. The summed E-state index contributed by atoms with van der Waals surface area (Å²) in [7, 11) is 0. The van der Waals surface area contributed by atoms with Crippen LogP contribution in [0.2, 0.25) is 0 Å². The van der Waals surface area contributed by atoms with E-state index >= 15 is 0 Å². The molecule has 0 amide bonds. The number of hydrogen-bond acceptors (Lipinski definition) is 1. The van der Waals surface area contributed by atoms with E-state index in [0.29, 0.717) is 18.7 Å². The zero-order valence-electron chi connectivity index (χ0n) is 9.86. The van der Waals surface area contributed by atoms with E-state index < -0.39 is 0 Å². The Morgan fingerprint density at radius 3 is 2.81 bits per heavy atom. The summed E-state index contributed by atoms with van der Waals surface area (Å²) in [5.41, 5.74) is 2.39. The molecule has 2 nitrogen and oxygen atoms in total. The number of carbonyl (C=O) groups excluding carboxylic acids is 1. The van der Waals surface area contributed by atoms with Gasteiger partial charge in [-0.15, -0.1) is 0 Å². The lowest BCUT2D eigenvalue weighted by molar-refractivity contribution is -0.119. The fourth-order valence-corrected chi connectivity index (χ4v) is 2.11. The third kappa shape index (κ3) is 2.01. The zero-order chi connectivity index (χ0) is 11.5. The van der Waals surface area contributed by atoms with Gasteiger partial charge in [0.15, 0.2) is 5.78 Å². The number of Topliss-reactive ketones (excluding diaryl/α,β-unsaturated/α-hetero) is 1. The van der Waals surface area contributed by atoms with Crippen LogP contribution in [0.1, 0.15) is 25.3 Å². The van der Waals surface area contributed by atoms with Crippen molar-refractivity contribution in [3.05, 3.63) is 36.0 Å². The van der Waals surface area contributed by atoms with E-state index in [1.807, 2.05) is 19.1 Å². The van der Waals surface area contributed by atoms with Crippen molar-refractivity contribution < 1.29 is 4.79 Å². The van der Waals surface area contributed by atoms with Crippen LogP contribution in [0.25, 0.3) is 10.9 Å². The number of carbonyl (C=O) groups is 1. The first-order valence-electron chi connectivity index (χ1n) is 5.78. The van der Waals surface area contributed by atoms with Crippen LogP contribution in [0.3, 0.4) is 0 Å². The van der Waals surface area contributed by atoms with Gasteiger partial charge in [-0.25, -0.2) is 0 Å². The van der Waals surface area contributed by atoms with Crippen molar-refractivity contribution in [2.45, 2.75) is 33.2 Å². The lowest BCUT2D eigenvalue weighted by Crippen LogP contribution is -2.08. The van der Waals surface area contributed by atoms with Crippen LogP contribution in [0.4, 0.5) is 0 Å². The maximum atomic E-state index is 11.6. The van der Waals surface area contributed by atoms with Gasteiger partial charge in [0.05, 0.1) is 6.54 Å². The maximum Gasteiger partial charge on any atom is 0.152 e. The Balaban J connectivity index is 2.34. The number of aryl methyl sites for hydroxylation is 1. The molecule has 0 saturated heterocycles. The normalized spacial score (nSPS) is 10.9. The zero-order valence-corrected chi connectivity index (χ0v) is 9.86. The van der Waals surface area contributed by atoms with Crippen molar-refractivity contribution in [1.82, 2.24) is 4.57 Å². The van der Waals surface area contributed by atoms with Crippen molar-refractivity contribution >= 4 is 16.7 Å². The second kappa shape index (κ2) is 4.52. The molecule has 0 unspecified atom stereocenters. The van der Waals surface area contributed by atoms with E-state index in [4.69, 9.17) is 0 Å². The minimum atomic E-state index is 0.309. The molecule has 1 aromatic heterocycles. The van der Waals surface area contributed by atoms with Gasteiger partial charge in [0.1, 0.15) is 0 Å². The minimum Gasteiger partial charge on any atom is -0.340 e. The smallest absolute Gasteiger partial charge is 0.152 e. The Bertz CT molecular complexity index is 510. The molecule has 0 aliphatic rings. The topological polar surface area (TPSA) is 22.0 Å². The molecule has 0 atom stereocenters. The Morgan fingerprint density at radius 1 is 1.31 bits per heavy atom. The summed E-state index contributed by atoms with van der Waals surface area (Å²) in [5, 5.41) is 1.24. The molecule has 0 N–H and O–H groups in total. The molecule has 2 heteroatoms. The van der Waals surface area contributed by atoms with Crippen LogP contribution in [-0.4, -0.2) is 10.4 Å². The number of hydrogen-bond donors (Lipinski definition) is 0. The van der Waals surface area contributed by atoms with Crippen LogP contribution >= 0.6 is 0 Å². The number of fused-ring (bicyclic) bond motifs is 1. The molecule has 0 fully saturated rings. The molecule has 0 bridgehead atoms. The predicted molar refractivity (Wildman–Crippen MR) is 66.6 cm³/mol. The maximum absolute atomic E-state index is 11.6. The Labute approximate surface area is 95.9 Å². The number of benzene rings is 1. The SMILES string of the molecule is CCCC(=O)Cn1cc(C)c2ccccc21. The van der Waals surface area contributed by atoms with Crippen LogP contribution in [0.5, 0.6) is 0 Å². The third-order valence-corrected chi connectivity index (χ3v) is 2.86. The summed E-state index contributed by atoms with van der Waals surface area (Å²) in [6, 6.07) is 8.23. The van der Waals surface area contributed by atoms with Crippen LogP contribution in [0, 0.1) is 6.92 Å². The average Bonchev–Trinajstić information content (AvgIpc) is 2.57. The van der Waals surface area contributed by atoms with Crippen molar-refractivity contribution in [1.29, 1.82) is 0 Å². The van der Waals surface area contributed by atoms with Crippen molar-refractivity contribution in [3.63, 3.8) is 0 Å². The number of nitrogens with zero attached hydrogens (tertiary/aromatic N) is 1. The quantitative estimate of drug-likeness (QED) is 0.766. The highest BCUT2D eigenvalue weighted by atomic mass is 16.1. The van der Waals surface area contributed by atoms with E-state index in [0.717, 1.165) is 11.9 Å². The van der Waals surface area contributed by atoms with Gasteiger partial charge >= 0.3 is 0 Å².